The van der Waals surface area contributed by atoms with Crippen molar-refractivity contribution in [2.45, 2.75) is 37.4 Å². The third-order valence-electron chi connectivity index (χ3n) is 6.79. The summed E-state index contributed by atoms with van der Waals surface area (Å²) in [6.45, 7) is 4.99. The molecule has 5 rings (SSSR count). The zero-order chi connectivity index (χ0) is 23.5. The average molecular weight is 478 g/mol. The van der Waals surface area contributed by atoms with Gasteiger partial charge >= 0.3 is 0 Å². The van der Waals surface area contributed by atoms with Crippen molar-refractivity contribution < 1.29 is 9.53 Å². The van der Waals surface area contributed by atoms with E-state index in [-0.39, 0.29) is 11.9 Å². The van der Waals surface area contributed by atoms with Crippen LogP contribution in [0.15, 0.2) is 53.7 Å². The summed E-state index contributed by atoms with van der Waals surface area (Å²) < 4.78 is 7.62. The van der Waals surface area contributed by atoms with Gasteiger partial charge in [-0.2, -0.15) is 0 Å². The van der Waals surface area contributed by atoms with E-state index in [0.29, 0.717) is 19.0 Å². The van der Waals surface area contributed by atoms with Crippen LogP contribution in [0.1, 0.15) is 35.6 Å². The number of hydrogen-bond donors (Lipinski definition) is 0. The first-order valence-corrected chi connectivity index (χ1v) is 12.9. The molecule has 2 heterocycles. The molecule has 1 saturated heterocycles. The number of anilines is 1. The maximum atomic E-state index is 13.3. The van der Waals surface area contributed by atoms with Crippen molar-refractivity contribution in [3.05, 3.63) is 65.2 Å². The van der Waals surface area contributed by atoms with E-state index in [0.717, 1.165) is 54.7 Å². The van der Waals surface area contributed by atoms with Gasteiger partial charge in [-0.3, -0.25) is 9.36 Å². The number of para-hydroxylation sites is 1. The molecule has 178 valence electrons. The molecule has 7 nitrogen and oxygen atoms in total. The molecule has 8 heteroatoms. The standard InChI is InChI=1S/C26H31N5O2S/c1-19-8-3-6-12-22(19)31-25(30-14-16-33-17-15-30)27-28-26(31)34-18-24(32)29(2)23-13-7-10-20-9-4-5-11-21(20)23/h3-6,8-9,11-12,23H,7,10,13-18H2,1-2H3. The van der Waals surface area contributed by atoms with Crippen molar-refractivity contribution in [1.82, 2.24) is 19.7 Å². The topological polar surface area (TPSA) is 63.5 Å². The van der Waals surface area contributed by atoms with E-state index in [2.05, 4.69) is 63.0 Å². The first-order valence-electron chi connectivity index (χ1n) is 11.9. The van der Waals surface area contributed by atoms with Crippen LogP contribution in [0.25, 0.3) is 5.69 Å². The van der Waals surface area contributed by atoms with Gasteiger partial charge in [0, 0.05) is 20.1 Å². The third kappa shape index (κ3) is 4.57. The van der Waals surface area contributed by atoms with Gasteiger partial charge < -0.3 is 14.5 Å². The second-order valence-corrected chi connectivity index (χ2v) is 9.85. The maximum Gasteiger partial charge on any atom is 0.233 e. The number of carbonyl (C=O) groups excluding carboxylic acids is 1. The predicted molar refractivity (Wildman–Crippen MR) is 135 cm³/mol. The Morgan fingerprint density at radius 1 is 1.12 bits per heavy atom. The fraction of sp³-hybridized carbons (Fsp3) is 0.423. The number of rotatable bonds is 6. The molecule has 2 aliphatic rings. The lowest BCUT2D eigenvalue weighted by atomic mass is 9.87. The van der Waals surface area contributed by atoms with Gasteiger partial charge in [-0.25, -0.2) is 0 Å². The van der Waals surface area contributed by atoms with Gasteiger partial charge in [-0.15, -0.1) is 10.2 Å². The molecule has 1 amide bonds. The fourth-order valence-electron chi connectivity index (χ4n) is 4.88. The Morgan fingerprint density at radius 2 is 1.88 bits per heavy atom. The summed E-state index contributed by atoms with van der Waals surface area (Å²) in [4.78, 5) is 17.4. The average Bonchev–Trinajstić information content (AvgIpc) is 3.31. The van der Waals surface area contributed by atoms with Gasteiger partial charge in [0.25, 0.3) is 0 Å². The minimum Gasteiger partial charge on any atom is -0.378 e. The number of fused-ring (bicyclic) bond motifs is 1. The lowest BCUT2D eigenvalue weighted by Gasteiger charge is -2.33. The summed E-state index contributed by atoms with van der Waals surface area (Å²) in [5, 5.41) is 9.79. The Labute approximate surface area is 205 Å². The quantitative estimate of drug-likeness (QED) is 0.500. The van der Waals surface area contributed by atoms with E-state index in [1.54, 1.807) is 0 Å². The fourth-order valence-corrected chi connectivity index (χ4v) is 5.75. The van der Waals surface area contributed by atoms with Crippen molar-refractivity contribution in [3.8, 4) is 5.69 Å². The zero-order valence-electron chi connectivity index (χ0n) is 19.8. The molecule has 34 heavy (non-hydrogen) atoms. The lowest BCUT2D eigenvalue weighted by Crippen LogP contribution is -2.38. The van der Waals surface area contributed by atoms with Crippen LogP contribution in [0.3, 0.4) is 0 Å². The summed E-state index contributed by atoms with van der Waals surface area (Å²) in [5.74, 6) is 1.24. The van der Waals surface area contributed by atoms with Crippen LogP contribution in [-0.4, -0.2) is 64.7 Å². The van der Waals surface area contributed by atoms with E-state index in [1.807, 2.05) is 24.1 Å². The largest absolute Gasteiger partial charge is 0.378 e. The predicted octanol–water partition coefficient (Wildman–Crippen LogP) is 4.04. The summed E-state index contributed by atoms with van der Waals surface area (Å²) in [6.07, 6.45) is 3.20. The number of amides is 1. The minimum atomic E-state index is 0.110. The molecular weight excluding hydrogens is 446 g/mol. The second-order valence-electron chi connectivity index (χ2n) is 8.90. The molecule has 0 spiro atoms. The highest BCUT2D eigenvalue weighted by Gasteiger charge is 2.28. The Bertz CT molecular complexity index is 1160. The van der Waals surface area contributed by atoms with Gasteiger partial charge in [0.1, 0.15) is 0 Å². The highest BCUT2D eigenvalue weighted by molar-refractivity contribution is 7.99. The van der Waals surface area contributed by atoms with E-state index in [4.69, 9.17) is 4.74 Å². The summed E-state index contributed by atoms with van der Waals surface area (Å²) in [5.41, 5.74) is 4.83. The van der Waals surface area contributed by atoms with Crippen LogP contribution in [-0.2, 0) is 16.0 Å². The number of aromatic nitrogens is 3. The Kier molecular flexibility index (Phi) is 6.87. The number of carbonyl (C=O) groups is 1. The van der Waals surface area contributed by atoms with Gasteiger partial charge in [0.05, 0.1) is 30.7 Å². The number of aryl methyl sites for hydroxylation is 2. The number of ether oxygens (including phenoxy) is 1. The monoisotopic (exact) mass is 477 g/mol. The van der Waals surface area contributed by atoms with Gasteiger partial charge in [0.15, 0.2) is 5.16 Å². The molecule has 1 unspecified atom stereocenters. The Morgan fingerprint density at radius 3 is 2.71 bits per heavy atom. The maximum absolute atomic E-state index is 13.3. The molecule has 0 saturated carbocycles. The molecule has 1 fully saturated rings. The molecular formula is C26H31N5O2S. The minimum absolute atomic E-state index is 0.110. The molecule has 0 bridgehead atoms. The number of benzene rings is 2. The second kappa shape index (κ2) is 10.2. The molecule has 1 aliphatic carbocycles. The smallest absolute Gasteiger partial charge is 0.233 e. The Hall–Kier alpha value is -2.84. The molecule has 3 aromatic rings. The number of thioether (sulfide) groups is 1. The van der Waals surface area contributed by atoms with Crippen LogP contribution < -0.4 is 4.90 Å². The number of hydrogen-bond acceptors (Lipinski definition) is 6. The molecule has 1 atom stereocenters. The van der Waals surface area contributed by atoms with Crippen molar-refractivity contribution in [3.63, 3.8) is 0 Å². The molecule has 2 aromatic carbocycles. The van der Waals surface area contributed by atoms with Gasteiger partial charge in [-0.1, -0.05) is 54.2 Å². The van der Waals surface area contributed by atoms with Crippen LogP contribution in [0.5, 0.6) is 0 Å². The summed E-state index contributed by atoms with van der Waals surface area (Å²) in [7, 11) is 1.93. The first-order chi connectivity index (χ1) is 16.6. The molecule has 1 aromatic heterocycles. The molecule has 0 N–H and O–H groups in total. The van der Waals surface area contributed by atoms with Crippen molar-refractivity contribution in [1.29, 1.82) is 0 Å². The number of nitrogens with zero attached hydrogens (tertiary/aromatic N) is 5. The zero-order valence-corrected chi connectivity index (χ0v) is 20.6. The van der Waals surface area contributed by atoms with Crippen molar-refractivity contribution in [2.75, 3.05) is 44.0 Å². The van der Waals surface area contributed by atoms with E-state index < -0.39 is 0 Å². The van der Waals surface area contributed by atoms with Crippen LogP contribution in [0.4, 0.5) is 5.95 Å². The van der Waals surface area contributed by atoms with Crippen molar-refractivity contribution >= 4 is 23.6 Å². The summed E-state index contributed by atoms with van der Waals surface area (Å²) >= 11 is 1.46. The van der Waals surface area contributed by atoms with Gasteiger partial charge in [0.2, 0.25) is 11.9 Å². The first kappa shape index (κ1) is 22.9. The highest BCUT2D eigenvalue weighted by Crippen LogP contribution is 2.34. The lowest BCUT2D eigenvalue weighted by molar-refractivity contribution is -0.129. The van der Waals surface area contributed by atoms with E-state index >= 15 is 0 Å². The summed E-state index contributed by atoms with van der Waals surface area (Å²) in [6, 6.07) is 16.9. The normalized spacial score (nSPS) is 17.9. The SMILES string of the molecule is Cc1ccccc1-n1c(SCC(=O)N(C)C2CCCc3ccccc32)nnc1N1CCOCC1. The van der Waals surface area contributed by atoms with Crippen molar-refractivity contribution in [2.24, 2.45) is 0 Å². The molecule has 1 aliphatic heterocycles. The number of morpholine rings is 1. The van der Waals surface area contributed by atoms with E-state index in [1.165, 1.54) is 22.9 Å². The van der Waals surface area contributed by atoms with E-state index in [9.17, 15) is 4.79 Å². The van der Waals surface area contributed by atoms with Crippen LogP contribution in [0.2, 0.25) is 0 Å². The van der Waals surface area contributed by atoms with Gasteiger partial charge in [-0.05, 0) is 48.9 Å². The van der Waals surface area contributed by atoms with Crippen LogP contribution >= 0.6 is 11.8 Å². The highest BCUT2D eigenvalue weighted by atomic mass is 32.2. The van der Waals surface area contributed by atoms with Crippen LogP contribution in [0, 0.1) is 6.92 Å². The molecule has 0 radical (unpaired) electrons. The third-order valence-corrected chi connectivity index (χ3v) is 7.70. The Balaban J connectivity index is 1.37.